The maximum absolute atomic E-state index is 8.82. The minimum Gasteiger partial charge on any atom is -0.394 e. The lowest BCUT2D eigenvalue weighted by Gasteiger charge is -2.39. The molecule has 5 heteroatoms. The lowest BCUT2D eigenvalue weighted by atomic mass is 9.96. The van der Waals surface area contributed by atoms with Crippen molar-refractivity contribution in [3.63, 3.8) is 0 Å². The molecule has 1 aromatic rings. The Morgan fingerprint density at radius 3 is 2.48 bits per heavy atom. The van der Waals surface area contributed by atoms with E-state index in [2.05, 4.69) is 17.0 Å². The van der Waals surface area contributed by atoms with E-state index >= 15 is 0 Å². The van der Waals surface area contributed by atoms with E-state index < -0.39 is 0 Å². The molecular weight excluding hydrogens is 288 g/mol. The maximum Gasteiger partial charge on any atom is 0.0701 e. The van der Waals surface area contributed by atoms with Crippen LogP contribution in [0.1, 0.15) is 31.4 Å². The highest BCUT2D eigenvalue weighted by atomic mass is 35.5. The van der Waals surface area contributed by atoms with Gasteiger partial charge in [-0.25, -0.2) is 0 Å². The highest BCUT2D eigenvalue weighted by Crippen LogP contribution is 2.28. The first-order valence-corrected chi connectivity index (χ1v) is 7.97. The van der Waals surface area contributed by atoms with E-state index in [4.69, 9.17) is 27.2 Å². The summed E-state index contributed by atoms with van der Waals surface area (Å²) in [6, 6.07) is 8.23. The Kier molecular flexibility index (Phi) is 6.45. The molecule has 1 fully saturated rings. The predicted octanol–water partition coefficient (Wildman–Crippen LogP) is 2.20. The fourth-order valence-corrected chi connectivity index (χ4v) is 3.17. The number of nitrogens with two attached hydrogens (primary N) is 1. The van der Waals surface area contributed by atoms with Gasteiger partial charge in [0, 0.05) is 30.2 Å². The lowest BCUT2D eigenvalue weighted by Crippen LogP contribution is -2.45. The normalized spacial score (nSPS) is 20.4. The molecule has 0 saturated carbocycles. The molecule has 2 rings (SSSR count). The standard InChI is InChI=1S/C16H25ClN2O2/c1-12(18)16(13-2-4-14(17)5-3-13)19-8-6-15(7-9-19)21-11-10-20/h2-5,12,15-16,20H,6-11,18H2,1H3. The van der Waals surface area contributed by atoms with Gasteiger partial charge in [0.05, 0.1) is 19.3 Å². The summed E-state index contributed by atoms with van der Waals surface area (Å²) in [4.78, 5) is 2.42. The van der Waals surface area contributed by atoms with Crippen molar-refractivity contribution in [2.24, 2.45) is 5.73 Å². The fourth-order valence-electron chi connectivity index (χ4n) is 3.05. The van der Waals surface area contributed by atoms with Gasteiger partial charge < -0.3 is 15.6 Å². The molecule has 4 nitrogen and oxygen atoms in total. The molecule has 2 unspecified atom stereocenters. The first-order chi connectivity index (χ1) is 10.1. The quantitative estimate of drug-likeness (QED) is 0.845. The molecule has 0 radical (unpaired) electrons. The molecule has 0 spiro atoms. The minimum atomic E-state index is 0.0566. The van der Waals surface area contributed by atoms with Crippen molar-refractivity contribution in [3.8, 4) is 0 Å². The van der Waals surface area contributed by atoms with Crippen molar-refractivity contribution in [1.82, 2.24) is 4.90 Å². The van der Waals surface area contributed by atoms with Gasteiger partial charge in [0.1, 0.15) is 0 Å². The molecule has 1 aliphatic heterocycles. The number of rotatable bonds is 6. The van der Waals surface area contributed by atoms with E-state index in [0.717, 1.165) is 31.0 Å². The molecule has 118 valence electrons. The van der Waals surface area contributed by atoms with Crippen LogP contribution in [0.15, 0.2) is 24.3 Å². The van der Waals surface area contributed by atoms with Crippen LogP contribution in [0, 0.1) is 0 Å². The minimum absolute atomic E-state index is 0.0566. The average molecular weight is 313 g/mol. The first kappa shape index (κ1) is 16.7. The van der Waals surface area contributed by atoms with Gasteiger partial charge in [-0.3, -0.25) is 4.90 Å². The third kappa shape index (κ3) is 4.66. The molecule has 21 heavy (non-hydrogen) atoms. The Labute approximate surface area is 131 Å². The summed E-state index contributed by atoms with van der Waals surface area (Å²) in [5.74, 6) is 0. The summed E-state index contributed by atoms with van der Waals surface area (Å²) in [5.41, 5.74) is 7.43. The maximum atomic E-state index is 8.82. The monoisotopic (exact) mass is 312 g/mol. The second kappa shape index (κ2) is 8.11. The molecule has 0 bridgehead atoms. The molecule has 1 aliphatic rings. The van der Waals surface area contributed by atoms with Crippen molar-refractivity contribution < 1.29 is 9.84 Å². The Balaban J connectivity index is 1.99. The second-order valence-corrected chi connectivity index (χ2v) is 6.12. The Morgan fingerprint density at radius 1 is 1.33 bits per heavy atom. The third-order valence-electron chi connectivity index (χ3n) is 4.02. The number of hydrogen-bond acceptors (Lipinski definition) is 4. The number of nitrogens with zero attached hydrogens (tertiary/aromatic N) is 1. The van der Waals surface area contributed by atoms with Crippen molar-refractivity contribution in [1.29, 1.82) is 0 Å². The summed E-state index contributed by atoms with van der Waals surface area (Å²) in [7, 11) is 0. The van der Waals surface area contributed by atoms with Crippen LogP contribution in [0.4, 0.5) is 0 Å². The SMILES string of the molecule is CC(N)C(c1ccc(Cl)cc1)N1CCC(OCCO)CC1. The van der Waals surface area contributed by atoms with Gasteiger partial charge in [0.25, 0.3) is 0 Å². The van der Waals surface area contributed by atoms with Crippen molar-refractivity contribution >= 4 is 11.6 Å². The van der Waals surface area contributed by atoms with Gasteiger partial charge in [-0.1, -0.05) is 23.7 Å². The summed E-state index contributed by atoms with van der Waals surface area (Å²) in [6.45, 7) is 4.50. The van der Waals surface area contributed by atoms with Crippen LogP contribution in [0.2, 0.25) is 5.02 Å². The number of likely N-dealkylation sites (tertiary alicyclic amines) is 1. The topological polar surface area (TPSA) is 58.7 Å². The van der Waals surface area contributed by atoms with Crippen LogP contribution >= 0.6 is 11.6 Å². The van der Waals surface area contributed by atoms with E-state index in [9.17, 15) is 0 Å². The zero-order valence-corrected chi connectivity index (χ0v) is 13.3. The van der Waals surface area contributed by atoms with Gasteiger partial charge in [-0.15, -0.1) is 0 Å². The number of aliphatic hydroxyl groups excluding tert-OH is 1. The fraction of sp³-hybridized carbons (Fsp3) is 0.625. The average Bonchev–Trinajstić information content (AvgIpc) is 2.48. The molecule has 3 N–H and O–H groups in total. The van der Waals surface area contributed by atoms with Gasteiger partial charge in [0.15, 0.2) is 0 Å². The lowest BCUT2D eigenvalue weighted by molar-refractivity contribution is -0.0172. The molecule has 0 amide bonds. The van der Waals surface area contributed by atoms with Crippen LogP contribution < -0.4 is 5.73 Å². The summed E-state index contributed by atoms with van der Waals surface area (Å²) >= 11 is 5.97. The van der Waals surface area contributed by atoms with Gasteiger partial charge in [-0.05, 0) is 37.5 Å². The second-order valence-electron chi connectivity index (χ2n) is 5.69. The summed E-state index contributed by atoms with van der Waals surface area (Å²) in [5, 5.41) is 9.57. The number of ether oxygens (including phenoxy) is 1. The van der Waals surface area contributed by atoms with E-state index in [1.54, 1.807) is 0 Å². The van der Waals surface area contributed by atoms with Crippen molar-refractivity contribution in [2.75, 3.05) is 26.3 Å². The number of piperidine rings is 1. The van der Waals surface area contributed by atoms with E-state index in [1.165, 1.54) is 5.56 Å². The Hall–Kier alpha value is -0.650. The highest BCUT2D eigenvalue weighted by molar-refractivity contribution is 6.30. The molecule has 1 aromatic carbocycles. The van der Waals surface area contributed by atoms with Crippen LogP contribution in [-0.4, -0.2) is 48.5 Å². The van der Waals surface area contributed by atoms with Crippen LogP contribution in [0.3, 0.4) is 0 Å². The van der Waals surface area contributed by atoms with Gasteiger partial charge in [0.2, 0.25) is 0 Å². The highest BCUT2D eigenvalue weighted by Gasteiger charge is 2.28. The van der Waals surface area contributed by atoms with Crippen LogP contribution in [-0.2, 0) is 4.74 Å². The van der Waals surface area contributed by atoms with Crippen LogP contribution in [0.25, 0.3) is 0 Å². The molecular formula is C16H25ClN2O2. The molecule has 1 heterocycles. The predicted molar refractivity (Wildman–Crippen MR) is 85.5 cm³/mol. The summed E-state index contributed by atoms with van der Waals surface area (Å²) < 4.78 is 5.62. The Morgan fingerprint density at radius 2 is 1.95 bits per heavy atom. The molecule has 0 aromatic heterocycles. The molecule has 0 aliphatic carbocycles. The largest absolute Gasteiger partial charge is 0.394 e. The molecule has 2 atom stereocenters. The van der Waals surface area contributed by atoms with Crippen molar-refractivity contribution in [3.05, 3.63) is 34.9 Å². The number of aliphatic hydroxyl groups is 1. The van der Waals surface area contributed by atoms with Crippen LogP contribution in [0.5, 0.6) is 0 Å². The van der Waals surface area contributed by atoms with E-state index in [-0.39, 0.29) is 24.8 Å². The smallest absolute Gasteiger partial charge is 0.0701 e. The molecule has 1 saturated heterocycles. The zero-order valence-electron chi connectivity index (χ0n) is 12.5. The third-order valence-corrected chi connectivity index (χ3v) is 4.28. The van der Waals surface area contributed by atoms with E-state index in [0.29, 0.717) is 6.61 Å². The Bertz CT molecular complexity index is 417. The number of hydrogen-bond donors (Lipinski definition) is 2. The van der Waals surface area contributed by atoms with Crippen molar-refractivity contribution in [2.45, 2.75) is 38.0 Å². The summed E-state index contributed by atoms with van der Waals surface area (Å²) in [6.07, 6.45) is 2.22. The number of benzene rings is 1. The number of halogens is 1. The van der Waals surface area contributed by atoms with Gasteiger partial charge in [-0.2, -0.15) is 0 Å². The van der Waals surface area contributed by atoms with E-state index in [1.807, 2.05) is 19.1 Å². The first-order valence-electron chi connectivity index (χ1n) is 7.59. The zero-order chi connectivity index (χ0) is 15.2. The van der Waals surface area contributed by atoms with Gasteiger partial charge >= 0.3 is 0 Å².